The van der Waals surface area contributed by atoms with Gasteiger partial charge in [0.05, 0.1) is 6.10 Å². The van der Waals surface area contributed by atoms with Crippen LogP contribution in [0.3, 0.4) is 0 Å². The molecule has 0 aliphatic carbocycles. The average molecular weight is 236 g/mol. The van der Waals surface area contributed by atoms with Gasteiger partial charge in [0, 0.05) is 13.7 Å². The van der Waals surface area contributed by atoms with Gasteiger partial charge < -0.3 is 4.74 Å². The van der Waals surface area contributed by atoms with Crippen LogP contribution < -0.4 is 0 Å². The predicted octanol–water partition coefficient (Wildman–Crippen LogP) is 1.28. The fourth-order valence-electron chi connectivity index (χ4n) is 0.603. The molecule has 0 aliphatic rings. The van der Waals surface area contributed by atoms with Crippen LogP contribution >= 0.6 is 0 Å². The third-order valence-corrected chi connectivity index (χ3v) is 2.45. The molecular formula is C6H11F3O4S. The van der Waals surface area contributed by atoms with E-state index in [1.54, 1.807) is 0 Å². The molecule has 1 atom stereocenters. The maximum absolute atomic E-state index is 11.8. The Bertz CT molecular complexity index is 259. The Kier molecular flexibility index (Phi) is 4.82. The Hall–Kier alpha value is -0.340. The lowest BCUT2D eigenvalue weighted by Crippen LogP contribution is -2.29. The highest BCUT2D eigenvalue weighted by Crippen LogP contribution is 2.25. The summed E-state index contributed by atoms with van der Waals surface area (Å²) in [6, 6.07) is 0. The highest BCUT2D eigenvalue weighted by atomic mass is 32.2. The maximum atomic E-state index is 11.8. The molecule has 0 saturated carbocycles. The van der Waals surface area contributed by atoms with Crippen LogP contribution in [0.2, 0.25) is 0 Å². The van der Waals surface area contributed by atoms with Crippen molar-refractivity contribution < 1.29 is 30.5 Å². The van der Waals surface area contributed by atoms with Crippen molar-refractivity contribution >= 4 is 10.1 Å². The maximum Gasteiger partial charge on any atom is 0.523 e. The molecule has 86 valence electrons. The molecular weight excluding hydrogens is 225 g/mol. The smallest absolute Gasteiger partial charge is 0.385 e. The molecule has 0 rings (SSSR count). The van der Waals surface area contributed by atoms with E-state index in [1.807, 2.05) is 0 Å². The van der Waals surface area contributed by atoms with E-state index in [1.165, 1.54) is 14.0 Å². The molecule has 0 aliphatic heterocycles. The Balaban J connectivity index is 4.24. The van der Waals surface area contributed by atoms with Crippen LogP contribution in [0.5, 0.6) is 0 Å². The molecule has 0 saturated heterocycles. The average Bonchev–Trinajstić information content (AvgIpc) is 1.97. The van der Waals surface area contributed by atoms with Gasteiger partial charge in [0.1, 0.15) is 0 Å². The zero-order valence-corrected chi connectivity index (χ0v) is 8.48. The Morgan fingerprint density at radius 3 is 2.21 bits per heavy atom. The molecule has 1 unspecified atom stereocenters. The van der Waals surface area contributed by atoms with Crippen LogP contribution in [0.25, 0.3) is 0 Å². The fourth-order valence-corrected chi connectivity index (χ4v) is 1.24. The standard InChI is InChI=1S/C6H11F3O4S/c1-5(3-4-12-2)13-14(10,11)6(7,8)9/h5H,3-4H2,1-2H3. The molecule has 0 radical (unpaired) electrons. The van der Waals surface area contributed by atoms with E-state index < -0.39 is 21.7 Å². The number of hydrogen-bond donors (Lipinski definition) is 0. The third-order valence-electron chi connectivity index (χ3n) is 1.30. The van der Waals surface area contributed by atoms with Crippen molar-refractivity contribution in [3.8, 4) is 0 Å². The van der Waals surface area contributed by atoms with Gasteiger partial charge in [-0.3, -0.25) is 4.18 Å². The molecule has 0 aromatic heterocycles. The van der Waals surface area contributed by atoms with Crippen molar-refractivity contribution in [2.45, 2.75) is 25.0 Å². The van der Waals surface area contributed by atoms with E-state index in [0.717, 1.165) is 0 Å². The summed E-state index contributed by atoms with van der Waals surface area (Å²) in [6.45, 7) is 1.36. The lowest BCUT2D eigenvalue weighted by molar-refractivity contribution is -0.0575. The van der Waals surface area contributed by atoms with Crippen LogP contribution in [-0.2, 0) is 19.0 Å². The summed E-state index contributed by atoms with van der Waals surface area (Å²) >= 11 is 0. The number of ether oxygens (including phenoxy) is 1. The van der Waals surface area contributed by atoms with Gasteiger partial charge in [-0.15, -0.1) is 0 Å². The fraction of sp³-hybridized carbons (Fsp3) is 1.00. The van der Waals surface area contributed by atoms with Gasteiger partial charge in [-0.25, -0.2) is 0 Å². The summed E-state index contributed by atoms with van der Waals surface area (Å²) in [6.07, 6.45) is -0.979. The number of halogens is 3. The first-order valence-electron chi connectivity index (χ1n) is 3.69. The number of hydrogen-bond acceptors (Lipinski definition) is 4. The third kappa shape index (κ3) is 4.25. The normalized spacial score (nSPS) is 15.5. The quantitative estimate of drug-likeness (QED) is 0.533. The molecule has 14 heavy (non-hydrogen) atoms. The first-order chi connectivity index (χ1) is 6.20. The first-order valence-corrected chi connectivity index (χ1v) is 5.10. The molecule has 0 aromatic rings. The summed E-state index contributed by atoms with van der Waals surface area (Å²) in [5.41, 5.74) is -5.37. The second-order valence-corrected chi connectivity index (χ2v) is 4.15. The van der Waals surface area contributed by atoms with Gasteiger partial charge >= 0.3 is 15.6 Å². The summed E-state index contributed by atoms with van der Waals surface area (Å²) in [5.74, 6) is 0. The van der Waals surface area contributed by atoms with Gasteiger partial charge in [0.25, 0.3) is 0 Å². The minimum absolute atomic E-state index is 0.0752. The van der Waals surface area contributed by atoms with Crippen LogP contribution in [0.15, 0.2) is 0 Å². The van der Waals surface area contributed by atoms with Crippen LogP contribution in [0, 0.1) is 0 Å². The van der Waals surface area contributed by atoms with Gasteiger partial charge in [-0.1, -0.05) is 0 Å². The monoisotopic (exact) mass is 236 g/mol. The van der Waals surface area contributed by atoms with E-state index in [-0.39, 0.29) is 13.0 Å². The van der Waals surface area contributed by atoms with Crippen molar-refractivity contribution in [3.05, 3.63) is 0 Å². The molecule has 0 N–H and O–H groups in total. The Morgan fingerprint density at radius 1 is 1.36 bits per heavy atom. The zero-order valence-electron chi connectivity index (χ0n) is 7.67. The number of rotatable bonds is 5. The predicted molar refractivity (Wildman–Crippen MR) is 42.0 cm³/mol. The first kappa shape index (κ1) is 13.7. The minimum Gasteiger partial charge on any atom is -0.385 e. The van der Waals surface area contributed by atoms with Crippen LogP contribution in [-0.4, -0.2) is 33.7 Å². The van der Waals surface area contributed by atoms with Crippen molar-refractivity contribution in [1.29, 1.82) is 0 Å². The van der Waals surface area contributed by atoms with E-state index in [9.17, 15) is 21.6 Å². The van der Waals surface area contributed by atoms with Crippen molar-refractivity contribution in [1.82, 2.24) is 0 Å². The summed E-state index contributed by atoms with van der Waals surface area (Å²) in [7, 11) is -4.13. The molecule has 0 fully saturated rings. The Labute approximate surface area is 80.1 Å². The Morgan fingerprint density at radius 2 is 1.86 bits per heavy atom. The molecule has 0 bridgehead atoms. The summed E-state index contributed by atoms with van der Waals surface area (Å²) < 4.78 is 64.6. The van der Waals surface area contributed by atoms with Crippen molar-refractivity contribution in [3.63, 3.8) is 0 Å². The van der Waals surface area contributed by atoms with E-state index >= 15 is 0 Å². The highest BCUT2D eigenvalue weighted by molar-refractivity contribution is 7.87. The number of methoxy groups -OCH3 is 1. The van der Waals surface area contributed by atoms with Gasteiger partial charge in [0.15, 0.2) is 0 Å². The van der Waals surface area contributed by atoms with Crippen molar-refractivity contribution in [2.75, 3.05) is 13.7 Å². The highest BCUT2D eigenvalue weighted by Gasteiger charge is 2.48. The molecule has 8 heteroatoms. The summed E-state index contributed by atoms with van der Waals surface area (Å²) in [4.78, 5) is 0. The molecule has 4 nitrogen and oxygen atoms in total. The van der Waals surface area contributed by atoms with Gasteiger partial charge in [-0.2, -0.15) is 21.6 Å². The molecule has 0 spiro atoms. The lowest BCUT2D eigenvalue weighted by atomic mass is 10.3. The van der Waals surface area contributed by atoms with E-state index in [4.69, 9.17) is 0 Å². The lowest BCUT2D eigenvalue weighted by Gasteiger charge is -2.13. The SMILES string of the molecule is COCCC(C)OS(=O)(=O)C(F)(F)F. The zero-order chi connectivity index (χ0) is 11.4. The van der Waals surface area contributed by atoms with Gasteiger partial charge in [-0.05, 0) is 13.3 Å². The molecule has 0 amide bonds. The molecule has 0 heterocycles. The molecule has 0 aromatic carbocycles. The van der Waals surface area contributed by atoms with E-state index in [2.05, 4.69) is 8.92 Å². The van der Waals surface area contributed by atoms with Gasteiger partial charge in [0.2, 0.25) is 0 Å². The van der Waals surface area contributed by atoms with Crippen LogP contribution in [0.4, 0.5) is 13.2 Å². The topological polar surface area (TPSA) is 52.6 Å². The van der Waals surface area contributed by atoms with Crippen LogP contribution in [0.1, 0.15) is 13.3 Å². The summed E-state index contributed by atoms with van der Waals surface area (Å²) in [5, 5.41) is 0. The van der Waals surface area contributed by atoms with Crippen molar-refractivity contribution in [2.24, 2.45) is 0 Å². The minimum atomic E-state index is -5.48. The second kappa shape index (κ2) is 4.94. The second-order valence-electron chi connectivity index (χ2n) is 2.59. The largest absolute Gasteiger partial charge is 0.523 e. The number of alkyl halides is 3. The van der Waals surface area contributed by atoms with E-state index in [0.29, 0.717) is 0 Å².